The van der Waals surface area contributed by atoms with E-state index in [2.05, 4.69) is 21.4 Å². The highest BCUT2D eigenvalue weighted by molar-refractivity contribution is 5.60. The molecule has 0 unspecified atom stereocenters. The highest BCUT2D eigenvalue weighted by Gasteiger charge is 2.18. The third kappa shape index (κ3) is 3.23. The van der Waals surface area contributed by atoms with Crippen LogP contribution in [0.1, 0.15) is 32.2 Å². The Labute approximate surface area is 118 Å². The van der Waals surface area contributed by atoms with Crippen LogP contribution in [0.3, 0.4) is 0 Å². The van der Waals surface area contributed by atoms with E-state index in [4.69, 9.17) is 11.0 Å². The first kappa shape index (κ1) is 13.8. The molecule has 2 rings (SSSR count). The molecule has 0 aliphatic heterocycles. The Morgan fingerprint density at radius 2 is 1.95 bits per heavy atom. The van der Waals surface area contributed by atoms with Gasteiger partial charge in [-0.25, -0.2) is 9.97 Å². The molecular weight excluding hydrogens is 250 g/mol. The minimum absolute atomic E-state index is 0.180. The van der Waals surface area contributed by atoms with Gasteiger partial charge < -0.3 is 11.1 Å². The fourth-order valence-electron chi connectivity index (χ4n) is 1.68. The quantitative estimate of drug-likeness (QED) is 0.873. The second kappa shape index (κ2) is 5.17. The molecule has 5 heteroatoms. The summed E-state index contributed by atoms with van der Waals surface area (Å²) in [5.74, 6) is 1.72. The Hall–Kier alpha value is -2.61. The summed E-state index contributed by atoms with van der Waals surface area (Å²) in [6.45, 7) is 6.09. The molecule has 0 aliphatic carbocycles. The summed E-state index contributed by atoms with van der Waals surface area (Å²) in [6, 6.07) is 11.0. The first-order valence-electron chi connectivity index (χ1n) is 6.31. The van der Waals surface area contributed by atoms with E-state index in [0.29, 0.717) is 23.0 Å². The number of aromatic nitrogens is 2. The average Bonchev–Trinajstić information content (AvgIpc) is 2.37. The molecule has 1 aromatic heterocycles. The van der Waals surface area contributed by atoms with Crippen molar-refractivity contribution in [2.45, 2.75) is 26.2 Å². The van der Waals surface area contributed by atoms with E-state index in [1.807, 2.05) is 32.9 Å². The normalized spacial score (nSPS) is 10.9. The van der Waals surface area contributed by atoms with Crippen molar-refractivity contribution in [1.29, 1.82) is 5.26 Å². The number of nitrogens with zero attached hydrogens (tertiary/aromatic N) is 3. The number of nitrogens with two attached hydrogens (primary N) is 1. The predicted molar refractivity (Wildman–Crippen MR) is 79.6 cm³/mol. The number of nitriles is 1. The number of benzene rings is 1. The zero-order valence-corrected chi connectivity index (χ0v) is 11.8. The molecule has 1 heterocycles. The summed E-state index contributed by atoms with van der Waals surface area (Å²) in [5, 5.41) is 12.0. The Balaban J connectivity index is 2.34. The van der Waals surface area contributed by atoms with Gasteiger partial charge in [0.15, 0.2) is 0 Å². The molecule has 0 saturated carbocycles. The molecular formula is C15H17N5. The molecule has 0 saturated heterocycles. The second-order valence-electron chi connectivity index (χ2n) is 5.57. The number of rotatable bonds is 2. The fourth-order valence-corrected chi connectivity index (χ4v) is 1.68. The van der Waals surface area contributed by atoms with E-state index in [-0.39, 0.29) is 5.41 Å². The maximum Gasteiger partial charge on any atom is 0.138 e. The lowest BCUT2D eigenvalue weighted by Gasteiger charge is -2.18. The highest BCUT2D eigenvalue weighted by atomic mass is 15.1. The monoisotopic (exact) mass is 267 g/mol. The zero-order chi connectivity index (χ0) is 14.8. The van der Waals surface area contributed by atoms with Gasteiger partial charge in [-0.2, -0.15) is 5.26 Å². The van der Waals surface area contributed by atoms with E-state index < -0.39 is 0 Å². The van der Waals surface area contributed by atoms with Gasteiger partial charge in [-0.15, -0.1) is 0 Å². The maximum atomic E-state index is 8.90. The summed E-state index contributed by atoms with van der Waals surface area (Å²) in [4.78, 5) is 8.73. The van der Waals surface area contributed by atoms with Crippen molar-refractivity contribution < 1.29 is 0 Å². The minimum atomic E-state index is -0.180. The fraction of sp³-hybridized carbons (Fsp3) is 0.267. The molecule has 20 heavy (non-hydrogen) atoms. The van der Waals surface area contributed by atoms with Crippen molar-refractivity contribution in [3.05, 3.63) is 41.7 Å². The smallest absolute Gasteiger partial charge is 0.138 e. The molecule has 0 amide bonds. The molecule has 5 nitrogen and oxygen atoms in total. The average molecular weight is 267 g/mol. The number of hydrogen-bond acceptors (Lipinski definition) is 5. The van der Waals surface area contributed by atoms with Gasteiger partial charge in [0.25, 0.3) is 0 Å². The van der Waals surface area contributed by atoms with Crippen LogP contribution in [0.5, 0.6) is 0 Å². The molecule has 102 valence electrons. The molecule has 1 aromatic carbocycles. The van der Waals surface area contributed by atoms with Crippen LogP contribution < -0.4 is 11.1 Å². The van der Waals surface area contributed by atoms with E-state index >= 15 is 0 Å². The molecule has 0 radical (unpaired) electrons. The SMILES string of the molecule is CC(C)(C)c1nc(N)cc(Nc2cccc(C#N)c2)n1. The topological polar surface area (TPSA) is 87.6 Å². The van der Waals surface area contributed by atoms with Crippen LogP contribution in [0, 0.1) is 11.3 Å². The van der Waals surface area contributed by atoms with Crippen molar-refractivity contribution in [1.82, 2.24) is 9.97 Å². The third-order valence-corrected chi connectivity index (χ3v) is 2.68. The van der Waals surface area contributed by atoms with Gasteiger partial charge in [-0.1, -0.05) is 26.8 Å². The van der Waals surface area contributed by atoms with Gasteiger partial charge >= 0.3 is 0 Å². The molecule has 2 aromatic rings. The number of nitrogens with one attached hydrogen (secondary N) is 1. The summed E-state index contributed by atoms with van der Waals surface area (Å²) in [6.07, 6.45) is 0. The Kier molecular flexibility index (Phi) is 3.57. The van der Waals surface area contributed by atoms with E-state index in [0.717, 1.165) is 5.69 Å². The molecule has 0 fully saturated rings. The largest absolute Gasteiger partial charge is 0.384 e. The summed E-state index contributed by atoms with van der Waals surface area (Å²) >= 11 is 0. The lowest BCUT2D eigenvalue weighted by Crippen LogP contribution is -2.17. The Bertz CT molecular complexity index is 665. The van der Waals surface area contributed by atoms with Crippen molar-refractivity contribution in [2.24, 2.45) is 0 Å². The standard InChI is InChI=1S/C15H17N5/c1-15(2,3)14-19-12(17)8-13(20-14)18-11-6-4-5-10(7-11)9-16/h4-8H,1-3H3,(H3,17,18,19,20). The first-order chi connectivity index (χ1) is 9.38. The van der Waals surface area contributed by atoms with Crippen LogP contribution in [-0.2, 0) is 5.41 Å². The molecule has 3 N–H and O–H groups in total. The third-order valence-electron chi connectivity index (χ3n) is 2.68. The number of nitrogen functional groups attached to an aromatic ring is 1. The Morgan fingerprint density at radius 1 is 1.20 bits per heavy atom. The number of hydrogen-bond donors (Lipinski definition) is 2. The van der Waals surface area contributed by atoms with Gasteiger partial charge in [-0.3, -0.25) is 0 Å². The van der Waals surface area contributed by atoms with Gasteiger partial charge in [0.2, 0.25) is 0 Å². The van der Waals surface area contributed by atoms with Crippen LogP contribution in [0.25, 0.3) is 0 Å². The minimum Gasteiger partial charge on any atom is -0.384 e. The zero-order valence-electron chi connectivity index (χ0n) is 11.8. The highest BCUT2D eigenvalue weighted by Crippen LogP contribution is 2.23. The summed E-state index contributed by atoms with van der Waals surface area (Å²) < 4.78 is 0. The van der Waals surface area contributed by atoms with Crippen molar-refractivity contribution in [3.63, 3.8) is 0 Å². The first-order valence-corrected chi connectivity index (χ1v) is 6.31. The van der Waals surface area contributed by atoms with Crippen LogP contribution in [0.15, 0.2) is 30.3 Å². The predicted octanol–water partition coefficient (Wildman–Crippen LogP) is 2.97. The van der Waals surface area contributed by atoms with Crippen LogP contribution in [0.2, 0.25) is 0 Å². The summed E-state index contributed by atoms with van der Waals surface area (Å²) in [5.41, 5.74) is 7.03. The lowest BCUT2D eigenvalue weighted by molar-refractivity contribution is 0.547. The molecule has 0 bridgehead atoms. The van der Waals surface area contributed by atoms with Gasteiger partial charge in [0.05, 0.1) is 11.6 Å². The van der Waals surface area contributed by atoms with Crippen molar-refractivity contribution in [3.8, 4) is 6.07 Å². The van der Waals surface area contributed by atoms with Gasteiger partial charge in [0.1, 0.15) is 17.5 Å². The molecule has 0 atom stereocenters. The van der Waals surface area contributed by atoms with E-state index in [1.165, 1.54) is 0 Å². The van der Waals surface area contributed by atoms with Crippen LogP contribution >= 0.6 is 0 Å². The molecule has 0 aliphatic rings. The van der Waals surface area contributed by atoms with Crippen molar-refractivity contribution >= 4 is 17.3 Å². The Morgan fingerprint density at radius 3 is 2.60 bits per heavy atom. The maximum absolute atomic E-state index is 8.90. The van der Waals surface area contributed by atoms with E-state index in [1.54, 1.807) is 18.2 Å². The van der Waals surface area contributed by atoms with Crippen LogP contribution in [0.4, 0.5) is 17.3 Å². The lowest BCUT2D eigenvalue weighted by atomic mass is 9.96. The van der Waals surface area contributed by atoms with Gasteiger partial charge in [-0.05, 0) is 18.2 Å². The van der Waals surface area contributed by atoms with E-state index in [9.17, 15) is 0 Å². The summed E-state index contributed by atoms with van der Waals surface area (Å²) in [7, 11) is 0. The number of anilines is 3. The second-order valence-corrected chi connectivity index (χ2v) is 5.57. The van der Waals surface area contributed by atoms with Crippen LogP contribution in [-0.4, -0.2) is 9.97 Å². The molecule has 0 spiro atoms. The van der Waals surface area contributed by atoms with Crippen molar-refractivity contribution in [2.75, 3.05) is 11.1 Å². The van der Waals surface area contributed by atoms with Gasteiger partial charge in [0, 0.05) is 17.2 Å².